The Labute approximate surface area is 119 Å². The third kappa shape index (κ3) is 1.83. The van der Waals surface area contributed by atoms with Gasteiger partial charge in [0.2, 0.25) is 5.95 Å². The number of nitrogens with zero attached hydrogens (tertiary/aromatic N) is 2. The summed E-state index contributed by atoms with van der Waals surface area (Å²) in [5.41, 5.74) is 8.01. The fraction of sp³-hybridized carbons (Fsp3) is 0.500. The van der Waals surface area contributed by atoms with Gasteiger partial charge in [0.15, 0.2) is 0 Å². The minimum Gasteiger partial charge on any atom is -0.399 e. The lowest BCUT2D eigenvalue weighted by Gasteiger charge is -2.32. The van der Waals surface area contributed by atoms with Gasteiger partial charge < -0.3 is 19.6 Å². The standard InChI is InChI=1S/C14H20BN3O2/c1-13(2)14(3,4)20-15(19-13)9-6-7-10-11(8-9)18(5)12(16)17-10/h6-8H,1-5H3,(H2,16,17). The number of fused-ring (bicyclic) bond motifs is 1. The molecule has 0 radical (unpaired) electrons. The number of hydrogen-bond donors (Lipinski definition) is 1. The maximum atomic E-state index is 6.06. The van der Waals surface area contributed by atoms with Crippen LogP contribution in [0.5, 0.6) is 0 Å². The number of rotatable bonds is 1. The highest BCUT2D eigenvalue weighted by Gasteiger charge is 2.51. The van der Waals surface area contributed by atoms with E-state index in [1.165, 1.54) is 0 Å². The van der Waals surface area contributed by atoms with E-state index in [9.17, 15) is 0 Å². The van der Waals surface area contributed by atoms with Gasteiger partial charge in [0.1, 0.15) is 0 Å². The fourth-order valence-corrected chi connectivity index (χ4v) is 2.35. The molecule has 20 heavy (non-hydrogen) atoms. The number of hydrogen-bond acceptors (Lipinski definition) is 4. The molecular weight excluding hydrogens is 253 g/mol. The Balaban J connectivity index is 2.02. The largest absolute Gasteiger partial charge is 0.494 e. The van der Waals surface area contributed by atoms with Crippen LogP contribution in [-0.2, 0) is 16.4 Å². The van der Waals surface area contributed by atoms with E-state index in [1.54, 1.807) is 0 Å². The summed E-state index contributed by atoms with van der Waals surface area (Å²) >= 11 is 0. The van der Waals surface area contributed by atoms with E-state index in [0.29, 0.717) is 5.95 Å². The molecule has 5 nitrogen and oxygen atoms in total. The van der Waals surface area contributed by atoms with Crippen molar-refractivity contribution in [1.82, 2.24) is 9.55 Å². The maximum Gasteiger partial charge on any atom is 0.494 e. The predicted molar refractivity (Wildman–Crippen MR) is 80.8 cm³/mol. The zero-order valence-electron chi connectivity index (χ0n) is 12.6. The Kier molecular flexibility index (Phi) is 2.69. The summed E-state index contributed by atoms with van der Waals surface area (Å²) in [6.45, 7) is 8.20. The second-order valence-electron chi connectivity index (χ2n) is 6.37. The summed E-state index contributed by atoms with van der Waals surface area (Å²) < 4.78 is 14.0. The molecule has 1 aromatic carbocycles. The summed E-state index contributed by atoms with van der Waals surface area (Å²) in [4.78, 5) is 4.30. The Morgan fingerprint density at radius 3 is 2.35 bits per heavy atom. The number of aryl methyl sites for hydroxylation is 1. The molecule has 0 amide bonds. The summed E-state index contributed by atoms with van der Waals surface area (Å²) in [7, 11) is 1.54. The first-order valence-electron chi connectivity index (χ1n) is 6.79. The van der Waals surface area contributed by atoms with Gasteiger partial charge in [0, 0.05) is 7.05 Å². The lowest BCUT2D eigenvalue weighted by molar-refractivity contribution is 0.00578. The van der Waals surface area contributed by atoms with E-state index in [1.807, 2.05) is 57.5 Å². The van der Waals surface area contributed by atoms with Crippen molar-refractivity contribution in [3.63, 3.8) is 0 Å². The van der Waals surface area contributed by atoms with Gasteiger partial charge >= 0.3 is 7.12 Å². The van der Waals surface area contributed by atoms with Crippen LogP contribution in [0.4, 0.5) is 5.95 Å². The number of anilines is 1. The number of nitrogen functional groups attached to an aromatic ring is 1. The van der Waals surface area contributed by atoms with Gasteiger partial charge in [0.25, 0.3) is 0 Å². The molecular formula is C14H20BN3O2. The molecule has 0 atom stereocenters. The first kappa shape index (κ1) is 13.5. The van der Waals surface area contributed by atoms with Crippen molar-refractivity contribution in [2.24, 2.45) is 7.05 Å². The van der Waals surface area contributed by atoms with Gasteiger partial charge in [-0.2, -0.15) is 0 Å². The normalized spacial score (nSPS) is 20.8. The first-order valence-corrected chi connectivity index (χ1v) is 6.79. The van der Waals surface area contributed by atoms with Crippen LogP contribution in [0.25, 0.3) is 11.0 Å². The lowest BCUT2D eigenvalue weighted by atomic mass is 9.79. The number of benzene rings is 1. The van der Waals surface area contributed by atoms with E-state index in [-0.39, 0.29) is 18.3 Å². The molecule has 1 saturated heterocycles. The first-order chi connectivity index (χ1) is 9.21. The summed E-state index contributed by atoms with van der Waals surface area (Å²) in [6, 6.07) is 5.96. The van der Waals surface area contributed by atoms with Crippen LogP contribution in [0.2, 0.25) is 0 Å². The third-order valence-electron chi connectivity index (χ3n) is 4.46. The van der Waals surface area contributed by atoms with Crippen molar-refractivity contribution in [2.45, 2.75) is 38.9 Å². The maximum absolute atomic E-state index is 6.06. The van der Waals surface area contributed by atoms with Crippen LogP contribution >= 0.6 is 0 Å². The molecule has 106 valence electrons. The minimum absolute atomic E-state index is 0.335. The Bertz CT molecular complexity index is 662. The Morgan fingerprint density at radius 1 is 1.15 bits per heavy atom. The molecule has 1 aliphatic heterocycles. The summed E-state index contributed by atoms with van der Waals surface area (Å²) in [6.07, 6.45) is 0. The Hall–Kier alpha value is -1.53. The van der Waals surface area contributed by atoms with Crippen molar-refractivity contribution in [2.75, 3.05) is 5.73 Å². The molecule has 6 heteroatoms. The highest BCUT2D eigenvalue weighted by Crippen LogP contribution is 2.36. The third-order valence-corrected chi connectivity index (χ3v) is 4.46. The minimum atomic E-state index is -0.361. The molecule has 2 aromatic rings. The van der Waals surface area contributed by atoms with Crippen LogP contribution in [-0.4, -0.2) is 27.9 Å². The molecule has 0 bridgehead atoms. The highest BCUT2D eigenvalue weighted by atomic mass is 16.7. The van der Waals surface area contributed by atoms with Gasteiger partial charge in [-0.05, 0) is 45.3 Å². The Morgan fingerprint density at radius 2 is 1.75 bits per heavy atom. The van der Waals surface area contributed by atoms with Crippen molar-refractivity contribution < 1.29 is 9.31 Å². The highest BCUT2D eigenvalue weighted by molar-refractivity contribution is 6.62. The second-order valence-corrected chi connectivity index (χ2v) is 6.37. The van der Waals surface area contributed by atoms with Crippen LogP contribution in [0, 0.1) is 0 Å². The molecule has 1 aromatic heterocycles. The molecule has 0 aliphatic carbocycles. The predicted octanol–water partition coefficient (Wildman–Crippen LogP) is 1.45. The molecule has 3 rings (SSSR count). The van der Waals surface area contributed by atoms with Gasteiger partial charge in [-0.1, -0.05) is 6.07 Å². The van der Waals surface area contributed by atoms with E-state index >= 15 is 0 Å². The number of aromatic nitrogens is 2. The monoisotopic (exact) mass is 273 g/mol. The zero-order chi connectivity index (χ0) is 14.7. The molecule has 0 spiro atoms. The molecule has 0 unspecified atom stereocenters. The van der Waals surface area contributed by atoms with Gasteiger partial charge in [-0.3, -0.25) is 0 Å². The molecule has 1 fully saturated rings. The molecule has 2 N–H and O–H groups in total. The van der Waals surface area contributed by atoms with Gasteiger partial charge in [0.05, 0.1) is 22.2 Å². The average Bonchev–Trinajstić information content (AvgIpc) is 2.74. The van der Waals surface area contributed by atoms with E-state index < -0.39 is 0 Å². The van der Waals surface area contributed by atoms with Crippen LogP contribution in [0.3, 0.4) is 0 Å². The van der Waals surface area contributed by atoms with Crippen molar-refractivity contribution in [3.8, 4) is 0 Å². The van der Waals surface area contributed by atoms with Crippen LogP contribution in [0.15, 0.2) is 18.2 Å². The fourth-order valence-electron chi connectivity index (χ4n) is 2.35. The van der Waals surface area contributed by atoms with Crippen molar-refractivity contribution in [1.29, 1.82) is 0 Å². The molecule has 2 heterocycles. The van der Waals surface area contributed by atoms with Crippen molar-refractivity contribution >= 4 is 29.6 Å². The van der Waals surface area contributed by atoms with Crippen LogP contribution in [0.1, 0.15) is 27.7 Å². The molecule has 1 aliphatic rings. The quantitative estimate of drug-likeness (QED) is 0.799. The molecule has 0 saturated carbocycles. The zero-order valence-corrected chi connectivity index (χ0v) is 12.6. The lowest BCUT2D eigenvalue weighted by Crippen LogP contribution is -2.41. The number of nitrogens with two attached hydrogens (primary N) is 1. The smallest absolute Gasteiger partial charge is 0.399 e. The average molecular weight is 273 g/mol. The SMILES string of the molecule is Cn1c(N)nc2ccc(B3OC(C)(C)C(C)(C)O3)cc21. The van der Waals surface area contributed by atoms with Crippen LogP contribution < -0.4 is 11.2 Å². The van der Waals surface area contributed by atoms with Crippen molar-refractivity contribution in [3.05, 3.63) is 18.2 Å². The van der Waals surface area contributed by atoms with Gasteiger partial charge in [-0.15, -0.1) is 0 Å². The summed E-state index contributed by atoms with van der Waals surface area (Å²) in [5.74, 6) is 0.506. The summed E-state index contributed by atoms with van der Waals surface area (Å²) in [5, 5.41) is 0. The number of imidazole rings is 1. The second kappa shape index (κ2) is 3.99. The van der Waals surface area contributed by atoms with E-state index in [2.05, 4.69) is 4.98 Å². The van der Waals surface area contributed by atoms with E-state index in [0.717, 1.165) is 16.5 Å². The van der Waals surface area contributed by atoms with E-state index in [4.69, 9.17) is 15.0 Å². The van der Waals surface area contributed by atoms with Gasteiger partial charge in [-0.25, -0.2) is 4.98 Å². The topological polar surface area (TPSA) is 62.3 Å².